The summed E-state index contributed by atoms with van der Waals surface area (Å²) in [6.07, 6.45) is 2.23. The number of hydrogen-bond acceptors (Lipinski definition) is 6. The van der Waals surface area contributed by atoms with Crippen LogP contribution < -0.4 is 10.5 Å². The minimum absolute atomic E-state index is 0.0418. The quantitative estimate of drug-likeness (QED) is 0.859. The maximum atomic E-state index is 12.3. The molecule has 0 amide bonds. The monoisotopic (exact) mass is 299 g/mol. The topological polar surface area (TPSA) is 116 Å². The number of rotatable bonds is 5. The van der Waals surface area contributed by atoms with Gasteiger partial charge in [-0.2, -0.15) is 5.10 Å². The molecule has 110 valence electrons. The van der Waals surface area contributed by atoms with Crippen LogP contribution in [0.25, 0.3) is 0 Å². The van der Waals surface area contributed by atoms with E-state index in [9.17, 15) is 8.42 Å². The van der Waals surface area contributed by atoms with Crippen molar-refractivity contribution in [2.24, 2.45) is 0 Å². The first-order chi connectivity index (χ1) is 9.35. The van der Waals surface area contributed by atoms with E-state index in [0.717, 1.165) is 6.42 Å². The summed E-state index contributed by atoms with van der Waals surface area (Å²) in [6.45, 7) is 6.00. The lowest BCUT2D eigenvalue weighted by atomic mass is 10.3. The van der Waals surface area contributed by atoms with Gasteiger partial charge >= 0.3 is 0 Å². The SMILES string of the molecule is CCCn1cc(S(=O)(=O)Nc2onc(C)c2C)c(N)n1. The van der Waals surface area contributed by atoms with Gasteiger partial charge in [-0.3, -0.25) is 4.68 Å². The molecule has 0 spiro atoms. The first kappa shape index (κ1) is 14.4. The summed E-state index contributed by atoms with van der Waals surface area (Å²) in [7, 11) is -3.84. The van der Waals surface area contributed by atoms with Gasteiger partial charge in [-0.25, -0.2) is 13.1 Å². The lowest BCUT2D eigenvalue weighted by molar-refractivity contribution is 0.430. The summed E-state index contributed by atoms with van der Waals surface area (Å²) < 4.78 is 33.3. The molecule has 2 heterocycles. The highest BCUT2D eigenvalue weighted by atomic mass is 32.2. The first-order valence-electron chi connectivity index (χ1n) is 6.13. The Hall–Kier alpha value is -2.03. The van der Waals surface area contributed by atoms with E-state index in [0.29, 0.717) is 17.8 Å². The van der Waals surface area contributed by atoms with E-state index in [1.165, 1.54) is 10.9 Å². The Morgan fingerprint density at radius 3 is 2.70 bits per heavy atom. The molecule has 0 aliphatic heterocycles. The average molecular weight is 299 g/mol. The zero-order chi connectivity index (χ0) is 14.9. The number of anilines is 2. The average Bonchev–Trinajstić information content (AvgIpc) is 2.88. The molecule has 0 bridgehead atoms. The van der Waals surface area contributed by atoms with Crippen LogP contribution in [0.1, 0.15) is 24.6 Å². The Morgan fingerprint density at radius 2 is 2.15 bits per heavy atom. The minimum atomic E-state index is -3.84. The summed E-state index contributed by atoms with van der Waals surface area (Å²) in [4.78, 5) is -0.0700. The van der Waals surface area contributed by atoms with Gasteiger partial charge in [-0.05, 0) is 20.3 Å². The van der Waals surface area contributed by atoms with Crippen LogP contribution in [0.15, 0.2) is 15.6 Å². The summed E-state index contributed by atoms with van der Waals surface area (Å²) >= 11 is 0. The van der Waals surface area contributed by atoms with E-state index in [-0.39, 0.29) is 16.6 Å². The summed E-state index contributed by atoms with van der Waals surface area (Å²) in [5.74, 6) is 0.0463. The van der Waals surface area contributed by atoms with Crippen LogP contribution >= 0.6 is 0 Å². The molecular formula is C11H17N5O3S. The normalized spacial score (nSPS) is 11.8. The van der Waals surface area contributed by atoms with Crippen LogP contribution in [0.3, 0.4) is 0 Å². The highest BCUT2D eigenvalue weighted by Gasteiger charge is 2.24. The third-order valence-corrected chi connectivity index (χ3v) is 4.23. The van der Waals surface area contributed by atoms with E-state index < -0.39 is 10.0 Å². The maximum absolute atomic E-state index is 12.3. The predicted octanol–water partition coefficient (Wildman–Crippen LogP) is 1.28. The van der Waals surface area contributed by atoms with Gasteiger partial charge in [0.25, 0.3) is 10.0 Å². The second-order valence-corrected chi connectivity index (χ2v) is 6.12. The number of sulfonamides is 1. The van der Waals surface area contributed by atoms with E-state index in [2.05, 4.69) is 15.0 Å². The van der Waals surface area contributed by atoms with Crippen molar-refractivity contribution < 1.29 is 12.9 Å². The van der Waals surface area contributed by atoms with Crippen molar-refractivity contribution in [1.29, 1.82) is 0 Å². The van der Waals surface area contributed by atoms with Crippen molar-refractivity contribution in [1.82, 2.24) is 14.9 Å². The van der Waals surface area contributed by atoms with Gasteiger partial charge in [0.15, 0.2) is 5.82 Å². The molecule has 0 saturated carbocycles. The molecule has 0 saturated heterocycles. The summed E-state index contributed by atoms with van der Waals surface area (Å²) in [5.41, 5.74) is 6.91. The van der Waals surface area contributed by atoms with Crippen molar-refractivity contribution in [3.63, 3.8) is 0 Å². The van der Waals surface area contributed by atoms with Crippen LogP contribution in [-0.2, 0) is 16.6 Å². The van der Waals surface area contributed by atoms with Crippen molar-refractivity contribution in [3.8, 4) is 0 Å². The molecule has 0 radical (unpaired) electrons. The molecule has 3 N–H and O–H groups in total. The molecule has 2 aromatic heterocycles. The molecule has 2 rings (SSSR count). The largest absolute Gasteiger partial charge is 0.381 e. The van der Waals surface area contributed by atoms with Crippen LogP contribution in [0.5, 0.6) is 0 Å². The van der Waals surface area contributed by atoms with Gasteiger partial charge in [0, 0.05) is 18.3 Å². The number of aryl methyl sites for hydroxylation is 2. The number of nitrogens with two attached hydrogens (primary N) is 1. The van der Waals surface area contributed by atoms with Crippen molar-refractivity contribution in [3.05, 3.63) is 17.5 Å². The van der Waals surface area contributed by atoms with Crippen LogP contribution in [-0.4, -0.2) is 23.4 Å². The Labute approximate surface area is 117 Å². The van der Waals surface area contributed by atoms with Crippen LogP contribution in [0, 0.1) is 13.8 Å². The Bertz CT molecular complexity index is 716. The molecule has 8 nitrogen and oxygen atoms in total. The van der Waals surface area contributed by atoms with Gasteiger partial charge < -0.3 is 10.3 Å². The maximum Gasteiger partial charge on any atom is 0.269 e. The summed E-state index contributed by atoms with van der Waals surface area (Å²) in [5, 5.41) is 7.66. The number of hydrogen-bond donors (Lipinski definition) is 2. The smallest absolute Gasteiger partial charge is 0.269 e. The Balaban J connectivity index is 2.33. The van der Waals surface area contributed by atoms with E-state index in [1.54, 1.807) is 13.8 Å². The van der Waals surface area contributed by atoms with Crippen molar-refractivity contribution >= 4 is 21.7 Å². The molecule has 0 atom stereocenters. The lowest BCUT2D eigenvalue weighted by Crippen LogP contribution is -2.14. The fourth-order valence-electron chi connectivity index (χ4n) is 1.66. The van der Waals surface area contributed by atoms with E-state index in [1.807, 2.05) is 6.92 Å². The summed E-state index contributed by atoms with van der Waals surface area (Å²) in [6, 6.07) is 0. The second-order valence-electron chi connectivity index (χ2n) is 4.47. The van der Waals surface area contributed by atoms with Gasteiger partial charge in [-0.1, -0.05) is 12.1 Å². The Kier molecular flexibility index (Phi) is 3.71. The number of nitrogen functional groups attached to an aromatic ring is 1. The molecule has 0 aromatic carbocycles. The van der Waals surface area contributed by atoms with Gasteiger partial charge in [-0.15, -0.1) is 0 Å². The van der Waals surface area contributed by atoms with Crippen molar-refractivity contribution in [2.45, 2.75) is 38.6 Å². The third-order valence-electron chi connectivity index (χ3n) is 2.88. The zero-order valence-electron chi connectivity index (χ0n) is 11.5. The first-order valence-corrected chi connectivity index (χ1v) is 7.62. The van der Waals surface area contributed by atoms with Crippen LogP contribution in [0.2, 0.25) is 0 Å². The fraction of sp³-hybridized carbons (Fsp3) is 0.455. The molecule has 0 aliphatic carbocycles. The molecule has 2 aromatic rings. The van der Waals surface area contributed by atoms with E-state index >= 15 is 0 Å². The highest BCUT2D eigenvalue weighted by Crippen LogP contribution is 2.24. The number of aromatic nitrogens is 3. The van der Waals surface area contributed by atoms with Gasteiger partial charge in [0.1, 0.15) is 4.90 Å². The van der Waals surface area contributed by atoms with Crippen molar-refractivity contribution in [2.75, 3.05) is 10.5 Å². The third kappa shape index (κ3) is 2.62. The molecular weight excluding hydrogens is 282 g/mol. The number of nitrogens with one attached hydrogen (secondary N) is 1. The van der Waals surface area contributed by atoms with E-state index in [4.69, 9.17) is 10.3 Å². The molecule has 9 heteroatoms. The minimum Gasteiger partial charge on any atom is -0.381 e. The fourth-order valence-corrected chi connectivity index (χ4v) is 2.78. The van der Waals surface area contributed by atoms with Gasteiger partial charge in [0.2, 0.25) is 5.88 Å². The lowest BCUT2D eigenvalue weighted by Gasteiger charge is -2.03. The predicted molar refractivity (Wildman–Crippen MR) is 73.7 cm³/mol. The van der Waals surface area contributed by atoms with Gasteiger partial charge in [0.05, 0.1) is 5.69 Å². The number of nitrogens with zero attached hydrogens (tertiary/aromatic N) is 3. The molecule has 20 heavy (non-hydrogen) atoms. The second kappa shape index (κ2) is 5.16. The Morgan fingerprint density at radius 1 is 1.45 bits per heavy atom. The highest BCUT2D eigenvalue weighted by molar-refractivity contribution is 7.92. The molecule has 0 aliphatic rings. The molecule has 0 fully saturated rings. The molecule has 0 unspecified atom stereocenters. The van der Waals surface area contributed by atoms with Crippen LogP contribution in [0.4, 0.5) is 11.7 Å². The zero-order valence-corrected chi connectivity index (χ0v) is 12.4. The standard InChI is InChI=1S/C11H17N5O3S/c1-4-5-16-6-9(10(12)13-16)20(17,18)15-11-7(2)8(3)14-19-11/h6,15H,4-5H2,1-3H3,(H2,12,13).